The number of nitrogens with one attached hydrogen (secondary N) is 2. The highest BCUT2D eigenvalue weighted by Gasteiger charge is 2.21. The van der Waals surface area contributed by atoms with Crippen molar-refractivity contribution in [3.63, 3.8) is 0 Å². The first-order chi connectivity index (χ1) is 15.2. The summed E-state index contributed by atoms with van der Waals surface area (Å²) in [6.45, 7) is 2.10. The Balaban J connectivity index is 1.42. The molecule has 1 aliphatic rings. The fourth-order valence-electron chi connectivity index (χ4n) is 4.29. The first-order valence-corrected chi connectivity index (χ1v) is 11.0. The highest BCUT2D eigenvalue weighted by Crippen LogP contribution is 2.31. The molecule has 0 atom stereocenters. The van der Waals surface area contributed by atoms with E-state index in [0.29, 0.717) is 12.1 Å². The Bertz CT molecular complexity index is 1160. The third-order valence-corrected chi connectivity index (χ3v) is 6.16. The third-order valence-electron chi connectivity index (χ3n) is 6.16. The van der Waals surface area contributed by atoms with E-state index in [2.05, 4.69) is 71.1 Å². The number of benzene rings is 2. The van der Waals surface area contributed by atoms with Crippen LogP contribution in [0.2, 0.25) is 0 Å². The second kappa shape index (κ2) is 8.40. The summed E-state index contributed by atoms with van der Waals surface area (Å²) in [6.07, 6.45) is 7.95. The van der Waals surface area contributed by atoms with Gasteiger partial charge in [-0.2, -0.15) is 0 Å². The lowest BCUT2D eigenvalue weighted by Crippen LogP contribution is -2.33. The number of anilines is 3. The van der Waals surface area contributed by atoms with Crippen LogP contribution in [-0.2, 0) is 0 Å². The Kier molecular flexibility index (Phi) is 5.30. The smallest absolute Gasteiger partial charge is 0.177 e. The van der Waals surface area contributed by atoms with Crippen molar-refractivity contribution in [2.24, 2.45) is 5.73 Å². The van der Waals surface area contributed by atoms with Crippen LogP contribution in [0.25, 0.3) is 16.8 Å². The van der Waals surface area contributed by atoms with E-state index >= 15 is 0 Å². The summed E-state index contributed by atoms with van der Waals surface area (Å²) >= 11 is 0. The number of nitrogens with two attached hydrogens (primary N) is 1. The maximum absolute atomic E-state index is 6.07. The van der Waals surface area contributed by atoms with Gasteiger partial charge in [-0.3, -0.25) is 0 Å². The number of imidazole rings is 1. The molecule has 1 aliphatic carbocycles. The van der Waals surface area contributed by atoms with Gasteiger partial charge < -0.3 is 16.4 Å². The fraction of sp³-hybridized carbons (Fsp3) is 0.280. The minimum atomic E-state index is 0.333. The lowest BCUT2D eigenvalue weighted by Gasteiger charge is -2.28. The van der Waals surface area contributed by atoms with Gasteiger partial charge in [0, 0.05) is 35.7 Å². The van der Waals surface area contributed by atoms with Crippen molar-refractivity contribution in [3.8, 4) is 11.1 Å². The molecular weight excluding hydrogens is 384 g/mol. The molecule has 0 unspecified atom stereocenters. The van der Waals surface area contributed by atoms with E-state index in [1.54, 1.807) is 6.20 Å². The molecule has 4 N–H and O–H groups in total. The lowest BCUT2D eigenvalue weighted by atomic mass is 9.92. The molecule has 1 saturated carbocycles. The SMILES string of the molecule is Cc1c(NC2CCC(N)CC2)nn2ccnc2c1Nc1ccc(-c2ccccc2)cc1. The first kappa shape index (κ1) is 19.6. The maximum atomic E-state index is 6.07. The molecule has 0 radical (unpaired) electrons. The summed E-state index contributed by atoms with van der Waals surface area (Å²) in [5.74, 6) is 0.898. The zero-order valence-corrected chi connectivity index (χ0v) is 17.8. The van der Waals surface area contributed by atoms with Gasteiger partial charge in [-0.15, -0.1) is 5.10 Å². The van der Waals surface area contributed by atoms with E-state index in [0.717, 1.165) is 54.1 Å². The van der Waals surface area contributed by atoms with Gasteiger partial charge in [0.1, 0.15) is 0 Å². The zero-order valence-electron chi connectivity index (χ0n) is 17.8. The molecule has 0 amide bonds. The number of rotatable bonds is 5. The van der Waals surface area contributed by atoms with Crippen LogP contribution < -0.4 is 16.4 Å². The van der Waals surface area contributed by atoms with Gasteiger partial charge in [-0.25, -0.2) is 9.50 Å². The van der Waals surface area contributed by atoms with Crippen molar-refractivity contribution in [3.05, 3.63) is 72.6 Å². The molecule has 6 nitrogen and oxygen atoms in total. The van der Waals surface area contributed by atoms with Crippen molar-refractivity contribution in [1.82, 2.24) is 14.6 Å². The van der Waals surface area contributed by atoms with Crippen molar-refractivity contribution in [1.29, 1.82) is 0 Å². The molecule has 2 heterocycles. The summed E-state index contributed by atoms with van der Waals surface area (Å²) in [4.78, 5) is 4.53. The molecule has 0 bridgehead atoms. The van der Waals surface area contributed by atoms with E-state index in [4.69, 9.17) is 10.8 Å². The zero-order chi connectivity index (χ0) is 21.2. The lowest BCUT2D eigenvalue weighted by molar-refractivity contribution is 0.410. The number of hydrogen-bond acceptors (Lipinski definition) is 5. The molecule has 0 aliphatic heterocycles. The monoisotopic (exact) mass is 412 g/mol. The molecule has 2 aromatic heterocycles. The Morgan fingerprint density at radius 3 is 2.39 bits per heavy atom. The van der Waals surface area contributed by atoms with Crippen molar-refractivity contribution in [2.45, 2.75) is 44.7 Å². The molecule has 6 heteroatoms. The molecule has 2 aromatic carbocycles. The van der Waals surface area contributed by atoms with Gasteiger partial charge >= 0.3 is 0 Å². The van der Waals surface area contributed by atoms with Crippen LogP contribution >= 0.6 is 0 Å². The summed E-state index contributed by atoms with van der Waals surface area (Å²) in [7, 11) is 0. The van der Waals surface area contributed by atoms with Crippen LogP contribution in [0.5, 0.6) is 0 Å². The number of hydrogen-bond donors (Lipinski definition) is 3. The molecule has 158 valence electrons. The molecule has 31 heavy (non-hydrogen) atoms. The van der Waals surface area contributed by atoms with Gasteiger partial charge in [0.05, 0.1) is 5.69 Å². The highest BCUT2D eigenvalue weighted by atomic mass is 15.3. The summed E-state index contributed by atoms with van der Waals surface area (Å²) in [6, 6.07) is 19.6. The largest absolute Gasteiger partial charge is 0.366 e. The Morgan fingerprint density at radius 1 is 0.935 bits per heavy atom. The van der Waals surface area contributed by atoms with E-state index in [-0.39, 0.29) is 0 Å². The summed E-state index contributed by atoms with van der Waals surface area (Å²) in [5.41, 5.74) is 12.4. The van der Waals surface area contributed by atoms with Crippen molar-refractivity contribution in [2.75, 3.05) is 10.6 Å². The topological polar surface area (TPSA) is 80.3 Å². The van der Waals surface area contributed by atoms with Crippen LogP contribution in [-0.4, -0.2) is 26.7 Å². The molecule has 1 fully saturated rings. The molecule has 0 saturated heterocycles. The van der Waals surface area contributed by atoms with Crippen LogP contribution in [0.4, 0.5) is 17.2 Å². The minimum Gasteiger partial charge on any atom is -0.366 e. The number of fused-ring (bicyclic) bond motifs is 1. The van der Waals surface area contributed by atoms with E-state index in [9.17, 15) is 0 Å². The average Bonchev–Trinajstić information content (AvgIpc) is 3.27. The quantitative estimate of drug-likeness (QED) is 0.423. The maximum Gasteiger partial charge on any atom is 0.177 e. The molecular formula is C25H28N6. The summed E-state index contributed by atoms with van der Waals surface area (Å²) < 4.78 is 1.84. The summed E-state index contributed by atoms with van der Waals surface area (Å²) in [5, 5.41) is 12.0. The minimum absolute atomic E-state index is 0.333. The van der Waals surface area contributed by atoms with Gasteiger partial charge in [-0.1, -0.05) is 42.5 Å². The standard InChI is InChI=1S/C25H28N6/c1-17-23(28-21-11-7-19(8-12-21)18-5-3-2-4-6-18)25-27-15-16-31(25)30-24(17)29-22-13-9-20(26)10-14-22/h2-8,11-12,15-16,20,22,28H,9-10,13-14,26H2,1H3,(H,29,30). The van der Waals surface area contributed by atoms with E-state index in [1.807, 2.05) is 16.8 Å². The second-order valence-electron chi connectivity index (χ2n) is 8.37. The normalized spacial score (nSPS) is 18.8. The van der Waals surface area contributed by atoms with Crippen LogP contribution in [0, 0.1) is 6.92 Å². The van der Waals surface area contributed by atoms with Crippen molar-refractivity contribution < 1.29 is 0 Å². The Morgan fingerprint density at radius 2 is 1.65 bits per heavy atom. The highest BCUT2D eigenvalue weighted by molar-refractivity contribution is 5.80. The predicted molar refractivity (Wildman–Crippen MR) is 127 cm³/mol. The third kappa shape index (κ3) is 4.11. The fourth-order valence-corrected chi connectivity index (χ4v) is 4.29. The second-order valence-corrected chi connectivity index (χ2v) is 8.37. The van der Waals surface area contributed by atoms with Gasteiger partial charge in [0.25, 0.3) is 0 Å². The van der Waals surface area contributed by atoms with Crippen molar-refractivity contribution >= 4 is 22.8 Å². The van der Waals surface area contributed by atoms with Gasteiger partial charge in [0.15, 0.2) is 11.5 Å². The van der Waals surface area contributed by atoms with E-state index in [1.165, 1.54) is 11.1 Å². The first-order valence-electron chi connectivity index (χ1n) is 11.0. The van der Waals surface area contributed by atoms with Gasteiger partial charge in [0.2, 0.25) is 0 Å². The van der Waals surface area contributed by atoms with Gasteiger partial charge in [-0.05, 0) is 55.9 Å². The average molecular weight is 413 g/mol. The van der Waals surface area contributed by atoms with E-state index < -0.39 is 0 Å². The van der Waals surface area contributed by atoms with Crippen LogP contribution in [0.1, 0.15) is 31.2 Å². The van der Waals surface area contributed by atoms with Crippen LogP contribution in [0.3, 0.4) is 0 Å². The number of nitrogens with zero attached hydrogens (tertiary/aromatic N) is 3. The number of aromatic nitrogens is 3. The Hall–Kier alpha value is -3.38. The van der Waals surface area contributed by atoms with Crippen LogP contribution in [0.15, 0.2) is 67.0 Å². The predicted octanol–water partition coefficient (Wildman–Crippen LogP) is 5.13. The molecule has 4 aromatic rings. The Labute approximate surface area is 182 Å². The molecule has 0 spiro atoms. The molecule has 5 rings (SSSR count).